The van der Waals surface area contributed by atoms with Gasteiger partial charge in [-0.15, -0.1) is 0 Å². The standard InChI is InChI=1S/C27H44ClNO3/c1-3-4-5-6-7-8-9-10-11-12-13-14-15-16-17-18-27(31)29-23(2)21-24-19-20-25(30)26(22-24)32-28/h10-11,19-20,22-23,30H,3-9,12-18,21H2,1-2H3,(H,29,31)/b11-10-. The van der Waals surface area contributed by atoms with Crippen molar-refractivity contribution in [2.75, 3.05) is 0 Å². The predicted molar refractivity (Wildman–Crippen MR) is 135 cm³/mol. The van der Waals surface area contributed by atoms with E-state index in [9.17, 15) is 9.90 Å². The molecule has 5 heteroatoms. The molecule has 0 aromatic heterocycles. The molecule has 1 unspecified atom stereocenters. The number of unbranched alkanes of at least 4 members (excludes halogenated alkanes) is 11. The van der Waals surface area contributed by atoms with E-state index in [4.69, 9.17) is 11.9 Å². The van der Waals surface area contributed by atoms with Crippen molar-refractivity contribution in [3.8, 4) is 11.5 Å². The molecule has 0 aliphatic heterocycles. The number of hydrogen-bond acceptors (Lipinski definition) is 3. The third-order valence-corrected chi connectivity index (χ3v) is 5.89. The van der Waals surface area contributed by atoms with Gasteiger partial charge in [0.15, 0.2) is 11.5 Å². The van der Waals surface area contributed by atoms with Gasteiger partial charge in [-0.25, -0.2) is 0 Å². The van der Waals surface area contributed by atoms with Crippen LogP contribution in [0.25, 0.3) is 0 Å². The summed E-state index contributed by atoms with van der Waals surface area (Å²) in [6.45, 7) is 4.24. The van der Waals surface area contributed by atoms with E-state index in [-0.39, 0.29) is 23.4 Å². The lowest BCUT2D eigenvalue weighted by atomic mass is 10.1. The first-order chi connectivity index (χ1) is 15.6. The van der Waals surface area contributed by atoms with Gasteiger partial charge < -0.3 is 14.7 Å². The summed E-state index contributed by atoms with van der Waals surface area (Å²) in [5.41, 5.74) is 0.951. The average Bonchev–Trinajstić information content (AvgIpc) is 2.77. The average molecular weight is 466 g/mol. The number of hydrogen-bond donors (Lipinski definition) is 2. The summed E-state index contributed by atoms with van der Waals surface area (Å²) >= 11 is 5.35. The largest absolute Gasteiger partial charge is 0.504 e. The Morgan fingerprint density at radius 2 is 1.59 bits per heavy atom. The Balaban J connectivity index is 1.98. The van der Waals surface area contributed by atoms with Crippen LogP contribution in [0.5, 0.6) is 11.5 Å². The number of benzene rings is 1. The summed E-state index contributed by atoms with van der Waals surface area (Å²) in [5.74, 6) is 0.336. The van der Waals surface area contributed by atoms with Crippen LogP contribution in [-0.2, 0) is 11.2 Å². The van der Waals surface area contributed by atoms with Crippen LogP contribution in [0.4, 0.5) is 0 Å². The van der Waals surface area contributed by atoms with Crippen molar-refractivity contribution in [1.82, 2.24) is 5.32 Å². The highest BCUT2D eigenvalue weighted by Crippen LogP contribution is 2.28. The molecule has 1 aromatic rings. The normalized spacial score (nSPS) is 12.2. The molecule has 0 fully saturated rings. The van der Waals surface area contributed by atoms with Crippen LogP contribution in [0.1, 0.15) is 109 Å². The topological polar surface area (TPSA) is 58.6 Å². The predicted octanol–water partition coefficient (Wildman–Crippen LogP) is 8.01. The minimum absolute atomic E-state index is 0.00428. The van der Waals surface area contributed by atoms with Crippen molar-refractivity contribution in [3.05, 3.63) is 35.9 Å². The molecule has 0 heterocycles. The van der Waals surface area contributed by atoms with Crippen molar-refractivity contribution >= 4 is 17.8 Å². The molecular weight excluding hydrogens is 422 g/mol. The van der Waals surface area contributed by atoms with Crippen molar-refractivity contribution in [3.63, 3.8) is 0 Å². The van der Waals surface area contributed by atoms with E-state index in [0.29, 0.717) is 12.8 Å². The van der Waals surface area contributed by atoms with Gasteiger partial charge >= 0.3 is 0 Å². The molecule has 0 saturated carbocycles. The summed E-state index contributed by atoms with van der Waals surface area (Å²) < 4.78 is 4.62. The summed E-state index contributed by atoms with van der Waals surface area (Å²) in [4.78, 5) is 12.1. The first-order valence-electron chi connectivity index (χ1n) is 12.6. The Morgan fingerprint density at radius 3 is 2.22 bits per heavy atom. The number of aromatic hydroxyl groups is 1. The minimum atomic E-state index is 0.00428. The molecular formula is C27H44ClNO3. The molecule has 0 bridgehead atoms. The number of nitrogens with one attached hydrogen (secondary N) is 1. The van der Waals surface area contributed by atoms with Gasteiger partial charge in [-0.05, 0) is 63.1 Å². The zero-order valence-corrected chi connectivity index (χ0v) is 21.0. The van der Waals surface area contributed by atoms with Crippen molar-refractivity contribution in [2.24, 2.45) is 0 Å². The first kappa shape index (κ1) is 28.4. The molecule has 32 heavy (non-hydrogen) atoms. The number of amides is 1. The number of rotatable bonds is 19. The lowest BCUT2D eigenvalue weighted by molar-refractivity contribution is -0.121. The SMILES string of the molecule is CCCCCCCC/C=C\CCCCCCCC(=O)NC(C)Cc1ccc(O)c(OCl)c1. The van der Waals surface area contributed by atoms with E-state index >= 15 is 0 Å². The third kappa shape index (κ3) is 14.4. The molecule has 0 aliphatic rings. The Morgan fingerprint density at radius 1 is 1.00 bits per heavy atom. The number of phenols is 1. The van der Waals surface area contributed by atoms with Crippen molar-refractivity contribution < 1.29 is 14.2 Å². The summed E-state index contributed by atoms with van der Waals surface area (Å²) in [7, 11) is 0. The molecule has 1 rings (SSSR count). The van der Waals surface area contributed by atoms with E-state index in [2.05, 4.69) is 28.7 Å². The molecule has 0 saturated heterocycles. The van der Waals surface area contributed by atoms with Crippen LogP contribution in [-0.4, -0.2) is 17.1 Å². The first-order valence-corrected chi connectivity index (χ1v) is 12.9. The maximum atomic E-state index is 12.1. The second-order valence-electron chi connectivity index (χ2n) is 8.89. The fourth-order valence-electron chi connectivity index (χ4n) is 3.86. The van der Waals surface area contributed by atoms with Gasteiger partial charge in [0, 0.05) is 12.5 Å². The van der Waals surface area contributed by atoms with Crippen LogP contribution in [0.15, 0.2) is 30.4 Å². The third-order valence-electron chi connectivity index (χ3n) is 5.72. The van der Waals surface area contributed by atoms with Gasteiger partial charge in [0.2, 0.25) is 5.91 Å². The Hall–Kier alpha value is -1.68. The Bertz CT molecular complexity index is 648. The lowest BCUT2D eigenvalue weighted by Crippen LogP contribution is -2.33. The number of carbonyl (C=O) groups excluding carboxylic acids is 1. The van der Waals surface area contributed by atoms with Crippen LogP contribution < -0.4 is 9.61 Å². The maximum absolute atomic E-state index is 12.1. The van der Waals surface area contributed by atoms with Crippen molar-refractivity contribution in [2.45, 2.75) is 116 Å². The highest BCUT2D eigenvalue weighted by molar-refractivity contribution is 6.09. The Labute approximate surface area is 201 Å². The smallest absolute Gasteiger partial charge is 0.220 e. The number of phenolic OH excluding ortho intramolecular Hbond substituents is 1. The van der Waals surface area contributed by atoms with E-state index in [0.717, 1.165) is 18.4 Å². The van der Waals surface area contributed by atoms with Crippen LogP contribution in [0.2, 0.25) is 0 Å². The molecule has 1 atom stereocenters. The van der Waals surface area contributed by atoms with E-state index < -0.39 is 0 Å². The number of carbonyl (C=O) groups is 1. The summed E-state index contributed by atoms with van der Waals surface area (Å²) in [6, 6.07) is 5.06. The monoisotopic (exact) mass is 465 g/mol. The zero-order valence-electron chi connectivity index (χ0n) is 20.2. The van der Waals surface area contributed by atoms with Crippen LogP contribution >= 0.6 is 11.9 Å². The van der Waals surface area contributed by atoms with E-state index in [1.165, 1.54) is 70.6 Å². The molecule has 2 N–H and O–H groups in total. The van der Waals surface area contributed by atoms with Gasteiger partial charge in [0.1, 0.15) is 11.9 Å². The fourth-order valence-corrected chi connectivity index (χ4v) is 3.98. The van der Waals surface area contributed by atoms with Gasteiger partial charge in [-0.1, -0.05) is 76.5 Å². The highest BCUT2D eigenvalue weighted by atomic mass is 35.5. The molecule has 1 aromatic carbocycles. The van der Waals surface area contributed by atoms with Crippen molar-refractivity contribution in [1.29, 1.82) is 0 Å². The quantitative estimate of drug-likeness (QED) is 0.160. The maximum Gasteiger partial charge on any atom is 0.220 e. The second kappa shape index (κ2) is 18.8. The van der Waals surface area contributed by atoms with Gasteiger partial charge in [-0.2, -0.15) is 0 Å². The Kier molecular flexibility index (Phi) is 16.7. The second-order valence-corrected chi connectivity index (χ2v) is 9.04. The van der Waals surface area contributed by atoms with E-state index in [1.54, 1.807) is 18.2 Å². The number of allylic oxidation sites excluding steroid dienone is 2. The number of halogens is 1. The van der Waals surface area contributed by atoms with Crippen LogP contribution in [0, 0.1) is 0 Å². The minimum Gasteiger partial charge on any atom is -0.504 e. The van der Waals surface area contributed by atoms with E-state index in [1.807, 2.05) is 6.92 Å². The van der Waals surface area contributed by atoms with Gasteiger partial charge in [0.25, 0.3) is 0 Å². The molecule has 182 valence electrons. The molecule has 0 spiro atoms. The summed E-state index contributed by atoms with van der Waals surface area (Å²) in [5, 5.41) is 12.6. The fraction of sp³-hybridized carbons (Fsp3) is 0.667. The molecule has 0 aliphatic carbocycles. The van der Waals surface area contributed by atoms with Crippen LogP contribution in [0.3, 0.4) is 0 Å². The lowest BCUT2D eigenvalue weighted by Gasteiger charge is -2.14. The summed E-state index contributed by atoms with van der Waals surface area (Å²) in [6.07, 6.45) is 22.3. The van der Waals surface area contributed by atoms with Gasteiger partial charge in [0.05, 0.1) is 0 Å². The van der Waals surface area contributed by atoms with Gasteiger partial charge in [-0.3, -0.25) is 4.79 Å². The molecule has 1 amide bonds. The zero-order chi connectivity index (χ0) is 23.4. The highest BCUT2D eigenvalue weighted by Gasteiger charge is 2.10. The molecule has 4 nitrogen and oxygen atoms in total. The molecule has 0 radical (unpaired) electrons.